The van der Waals surface area contributed by atoms with Crippen molar-refractivity contribution in [3.05, 3.63) is 11.1 Å². The zero-order chi connectivity index (χ0) is 11.0. The van der Waals surface area contributed by atoms with E-state index in [2.05, 4.69) is 20.8 Å². The van der Waals surface area contributed by atoms with Crippen LogP contribution < -0.4 is 0 Å². The van der Waals surface area contributed by atoms with Gasteiger partial charge in [-0.15, -0.1) is 0 Å². The molecule has 0 nitrogen and oxygen atoms in total. The van der Waals surface area contributed by atoms with Gasteiger partial charge in [0.15, 0.2) is 0 Å². The van der Waals surface area contributed by atoms with E-state index in [1.807, 2.05) is 11.1 Å². The lowest BCUT2D eigenvalue weighted by Gasteiger charge is -2.33. The molecule has 4 aliphatic rings. The van der Waals surface area contributed by atoms with Gasteiger partial charge in [0, 0.05) is 0 Å². The molecule has 7 unspecified atom stereocenters. The van der Waals surface area contributed by atoms with E-state index in [-0.39, 0.29) is 0 Å². The van der Waals surface area contributed by atoms with Crippen LogP contribution in [-0.2, 0) is 0 Å². The molecule has 4 rings (SSSR count). The summed E-state index contributed by atoms with van der Waals surface area (Å²) >= 11 is 0. The molecule has 4 bridgehead atoms. The summed E-state index contributed by atoms with van der Waals surface area (Å²) in [4.78, 5) is 0. The first-order valence-electron chi connectivity index (χ1n) is 7.46. The molecule has 3 saturated carbocycles. The summed E-state index contributed by atoms with van der Waals surface area (Å²) in [5.41, 5.74) is 3.95. The normalized spacial score (nSPS) is 57.6. The third-order valence-corrected chi connectivity index (χ3v) is 6.80. The number of hydrogen-bond donors (Lipinski definition) is 0. The lowest BCUT2D eigenvalue weighted by Crippen LogP contribution is -2.25. The van der Waals surface area contributed by atoms with Crippen LogP contribution >= 0.6 is 0 Å². The van der Waals surface area contributed by atoms with Crippen molar-refractivity contribution in [2.45, 2.75) is 46.5 Å². The molecule has 0 heteroatoms. The van der Waals surface area contributed by atoms with Crippen LogP contribution in [0.25, 0.3) is 0 Å². The second kappa shape index (κ2) is 2.94. The number of fused-ring (bicyclic) bond motifs is 8. The number of hydrogen-bond acceptors (Lipinski definition) is 0. The van der Waals surface area contributed by atoms with Crippen molar-refractivity contribution >= 4 is 0 Å². The quantitative estimate of drug-likeness (QED) is 0.574. The van der Waals surface area contributed by atoms with Gasteiger partial charge in [0.2, 0.25) is 0 Å². The Morgan fingerprint density at radius 1 is 1.12 bits per heavy atom. The molecular weight excluding hydrogens is 192 g/mol. The van der Waals surface area contributed by atoms with Gasteiger partial charge in [-0.2, -0.15) is 0 Å². The molecule has 16 heavy (non-hydrogen) atoms. The monoisotopic (exact) mass is 216 g/mol. The fourth-order valence-corrected chi connectivity index (χ4v) is 6.22. The molecule has 0 aromatic rings. The van der Waals surface area contributed by atoms with Crippen molar-refractivity contribution in [2.24, 2.45) is 41.4 Å². The first-order chi connectivity index (χ1) is 7.74. The van der Waals surface area contributed by atoms with Crippen LogP contribution in [0.2, 0.25) is 0 Å². The zero-order valence-electron chi connectivity index (χ0n) is 10.9. The predicted octanol–water partition coefficient (Wildman–Crippen LogP) is 4.27. The van der Waals surface area contributed by atoms with Gasteiger partial charge in [-0.1, -0.05) is 38.3 Å². The third-order valence-electron chi connectivity index (χ3n) is 6.80. The first kappa shape index (κ1) is 9.74. The van der Waals surface area contributed by atoms with Crippen molar-refractivity contribution in [1.82, 2.24) is 0 Å². The highest BCUT2D eigenvalue weighted by Gasteiger charge is 2.61. The number of allylic oxidation sites excluding steroid dienone is 2. The fourth-order valence-electron chi connectivity index (χ4n) is 6.22. The molecule has 0 N–H and O–H groups in total. The Morgan fingerprint density at radius 2 is 1.94 bits per heavy atom. The average Bonchev–Trinajstić information content (AvgIpc) is 2.97. The molecule has 3 fully saturated rings. The molecule has 0 saturated heterocycles. The molecule has 88 valence electrons. The Hall–Kier alpha value is -0.260. The summed E-state index contributed by atoms with van der Waals surface area (Å²) in [6, 6.07) is 0. The summed E-state index contributed by atoms with van der Waals surface area (Å²) in [6.45, 7) is 7.49. The van der Waals surface area contributed by atoms with Gasteiger partial charge < -0.3 is 0 Å². The van der Waals surface area contributed by atoms with Gasteiger partial charge in [0.25, 0.3) is 0 Å². The van der Waals surface area contributed by atoms with Gasteiger partial charge in [-0.3, -0.25) is 0 Å². The minimum atomic E-state index is 0.966. The van der Waals surface area contributed by atoms with E-state index in [9.17, 15) is 0 Å². The predicted molar refractivity (Wildman–Crippen MR) is 66.9 cm³/mol. The maximum Gasteiger partial charge on any atom is -0.0132 e. The van der Waals surface area contributed by atoms with E-state index >= 15 is 0 Å². The molecule has 0 aliphatic heterocycles. The summed E-state index contributed by atoms with van der Waals surface area (Å²) < 4.78 is 0. The average molecular weight is 216 g/mol. The second-order valence-corrected chi connectivity index (χ2v) is 6.95. The van der Waals surface area contributed by atoms with Crippen molar-refractivity contribution in [2.75, 3.05) is 0 Å². The maximum atomic E-state index is 2.56. The van der Waals surface area contributed by atoms with Crippen molar-refractivity contribution in [3.8, 4) is 0 Å². The summed E-state index contributed by atoms with van der Waals surface area (Å²) in [6.07, 6.45) is 5.97. The second-order valence-electron chi connectivity index (χ2n) is 6.95. The van der Waals surface area contributed by atoms with Crippen molar-refractivity contribution in [1.29, 1.82) is 0 Å². The molecule has 0 aromatic carbocycles. The highest BCUT2D eigenvalue weighted by Crippen LogP contribution is 2.69. The largest absolute Gasteiger partial charge is 0.0673 e. The standard InChI is InChI=1S/C16H24/c1-4-10-7-13-9(3)14(10)16-12-6-5-11(8(12)2)15(13)16/h8-11,13-15H,4-7H2,1-3H3. The van der Waals surface area contributed by atoms with Crippen molar-refractivity contribution in [3.63, 3.8) is 0 Å². The van der Waals surface area contributed by atoms with E-state index < -0.39 is 0 Å². The van der Waals surface area contributed by atoms with E-state index in [0.29, 0.717) is 0 Å². The molecule has 0 radical (unpaired) electrons. The van der Waals surface area contributed by atoms with Gasteiger partial charge >= 0.3 is 0 Å². The number of rotatable bonds is 1. The zero-order valence-corrected chi connectivity index (χ0v) is 10.9. The van der Waals surface area contributed by atoms with Gasteiger partial charge in [0.1, 0.15) is 0 Å². The van der Waals surface area contributed by atoms with Crippen LogP contribution in [0.5, 0.6) is 0 Å². The van der Waals surface area contributed by atoms with Gasteiger partial charge in [-0.05, 0) is 60.7 Å². The lowest BCUT2D eigenvalue weighted by atomic mass is 9.72. The van der Waals surface area contributed by atoms with Crippen LogP contribution in [-0.4, -0.2) is 0 Å². The molecule has 4 aliphatic carbocycles. The van der Waals surface area contributed by atoms with Crippen LogP contribution in [0.1, 0.15) is 46.5 Å². The molecule has 0 amide bonds. The first-order valence-corrected chi connectivity index (χ1v) is 7.46. The maximum absolute atomic E-state index is 2.56. The molecular formula is C16H24. The third kappa shape index (κ3) is 0.866. The summed E-state index contributed by atoms with van der Waals surface area (Å²) in [5.74, 6) is 7.26. The molecule has 0 heterocycles. The van der Waals surface area contributed by atoms with E-state index in [0.717, 1.165) is 41.4 Å². The minimum absolute atomic E-state index is 0.966. The van der Waals surface area contributed by atoms with Crippen LogP contribution in [0.15, 0.2) is 11.1 Å². The summed E-state index contributed by atoms with van der Waals surface area (Å²) in [5, 5.41) is 0. The van der Waals surface area contributed by atoms with Gasteiger partial charge in [-0.25, -0.2) is 0 Å². The fraction of sp³-hybridized carbons (Fsp3) is 0.875. The van der Waals surface area contributed by atoms with Gasteiger partial charge in [0.05, 0.1) is 0 Å². The Kier molecular flexibility index (Phi) is 1.79. The van der Waals surface area contributed by atoms with Crippen LogP contribution in [0, 0.1) is 41.4 Å². The van der Waals surface area contributed by atoms with E-state index in [1.165, 1.54) is 19.3 Å². The van der Waals surface area contributed by atoms with Crippen molar-refractivity contribution < 1.29 is 0 Å². The molecule has 0 aromatic heterocycles. The Balaban J connectivity index is 1.83. The lowest BCUT2D eigenvalue weighted by molar-refractivity contribution is 0.229. The Bertz CT molecular complexity index is 364. The highest BCUT2D eigenvalue weighted by molar-refractivity contribution is 5.40. The van der Waals surface area contributed by atoms with Crippen LogP contribution in [0.4, 0.5) is 0 Å². The summed E-state index contributed by atoms with van der Waals surface area (Å²) in [7, 11) is 0. The van der Waals surface area contributed by atoms with E-state index in [1.54, 1.807) is 6.42 Å². The molecule has 7 atom stereocenters. The molecule has 0 spiro atoms. The highest BCUT2D eigenvalue weighted by atomic mass is 14.7. The van der Waals surface area contributed by atoms with Crippen LogP contribution in [0.3, 0.4) is 0 Å². The Morgan fingerprint density at radius 3 is 2.69 bits per heavy atom. The Labute approximate surface area is 99.5 Å². The smallest absolute Gasteiger partial charge is 0.0132 e. The minimum Gasteiger partial charge on any atom is -0.0673 e. The van der Waals surface area contributed by atoms with E-state index in [4.69, 9.17) is 0 Å². The topological polar surface area (TPSA) is 0 Å². The SMILES string of the molecule is CCC1CC2C(C)C1C1=C3CCC(C3C)C12.